The summed E-state index contributed by atoms with van der Waals surface area (Å²) in [5.74, 6) is 3.08. The van der Waals surface area contributed by atoms with Crippen LogP contribution in [0.5, 0.6) is 29.4 Å². The maximum atomic E-state index is 12.4. The van der Waals surface area contributed by atoms with Crippen molar-refractivity contribution in [3.05, 3.63) is 312 Å². The average Bonchev–Trinajstić information content (AvgIpc) is 1.80. The van der Waals surface area contributed by atoms with E-state index in [0.29, 0.717) is 117 Å². The van der Waals surface area contributed by atoms with Gasteiger partial charge in [-0.3, -0.25) is 30.0 Å². The van der Waals surface area contributed by atoms with Crippen LogP contribution in [0.1, 0.15) is 78.8 Å². The van der Waals surface area contributed by atoms with Crippen LogP contribution >= 0.6 is 0 Å². The quantitative estimate of drug-likeness (QED) is 0.00831. The number of carbonyl (C=O) groups is 6. The number of benzene rings is 6. The smallest absolute Gasteiger partial charge is 0.870 e. The average molecular weight is 1760 g/mol. The number of hydrogen-bond acceptors (Lipinski definition) is 31. The molecular weight excluding hydrogens is 1670 g/mol. The molecule has 9 aromatic heterocycles. The van der Waals surface area contributed by atoms with E-state index in [-0.39, 0.29) is 74.3 Å². The number of carboxylic acid groups (broad SMARTS) is 1. The number of hydrogen-bond donors (Lipinski definition) is 13. The summed E-state index contributed by atoms with van der Waals surface area (Å²) >= 11 is 0. The monoisotopic (exact) mass is 1760 g/mol. The zero-order valence-corrected chi connectivity index (χ0v) is 74.1. The van der Waals surface area contributed by atoms with E-state index in [1.807, 2.05) is 91.0 Å². The molecule has 128 heavy (non-hydrogen) atoms. The van der Waals surface area contributed by atoms with Crippen molar-refractivity contribution < 1.29 is 129 Å². The molecular formula is C90H92KN21O16. The van der Waals surface area contributed by atoms with Crippen LogP contribution in [-0.4, -0.2) is 169 Å². The van der Waals surface area contributed by atoms with E-state index in [0.717, 1.165) is 73.8 Å². The second-order valence-corrected chi connectivity index (χ2v) is 26.0. The Morgan fingerprint density at radius 1 is 0.359 bits per heavy atom. The molecule has 0 aliphatic carbocycles. The third-order valence-corrected chi connectivity index (χ3v) is 17.6. The fourth-order valence-corrected chi connectivity index (χ4v) is 10.7. The normalized spacial score (nSPS) is 9.88. The number of pyridine rings is 5. The van der Waals surface area contributed by atoms with Gasteiger partial charge in [-0.1, -0.05) is 72.8 Å². The molecule has 1 amide bonds. The summed E-state index contributed by atoms with van der Waals surface area (Å²) < 4.78 is 38.6. The van der Waals surface area contributed by atoms with Crippen LogP contribution in [0.2, 0.25) is 0 Å². The fourth-order valence-electron chi connectivity index (χ4n) is 10.7. The number of aromatic carboxylic acids is 1. The number of nitrogens with zero attached hydrogens (tertiary/aromatic N) is 9. The summed E-state index contributed by atoms with van der Waals surface area (Å²) in [6.07, 6.45) is 8.99. The molecule has 0 saturated heterocycles. The summed E-state index contributed by atoms with van der Waals surface area (Å²) in [6, 6.07) is 67.4. The van der Waals surface area contributed by atoms with Crippen molar-refractivity contribution in [2.24, 2.45) is 0 Å². The molecule has 0 radical (unpaired) electrons. The maximum Gasteiger partial charge on any atom is 1.00 e. The minimum absolute atomic E-state index is 0. The largest absolute Gasteiger partial charge is 1.00 e. The van der Waals surface area contributed by atoms with Crippen LogP contribution < -0.4 is 119 Å². The van der Waals surface area contributed by atoms with Gasteiger partial charge in [0.05, 0.1) is 125 Å². The van der Waals surface area contributed by atoms with Gasteiger partial charge in [-0.2, -0.15) is 20.4 Å². The second-order valence-electron chi connectivity index (χ2n) is 26.0. The molecule has 0 fully saturated rings. The van der Waals surface area contributed by atoms with E-state index >= 15 is 0 Å². The van der Waals surface area contributed by atoms with Crippen LogP contribution in [0.25, 0.3) is 45.0 Å². The van der Waals surface area contributed by atoms with E-state index in [1.54, 1.807) is 193 Å². The van der Waals surface area contributed by atoms with Gasteiger partial charge in [0.2, 0.25) is 29.4 Å². The molecule has 6 aromatic carbocycles. The van der Waals surface area contributed by atoms with E-state index < -0.39 is 17.9 Å². The SMILES string of the molecule is COC(=O)c1ccc(C=O)cc1.COC(=O)c1ccc(CNc2cc(-c3ccc(OC)nc3)[nH]n2)cc1.COC(=O)c1ccc(OC)nc1.COc1ccc(-c2cc(N)n[nH]2)cn1.COc1ccc(-c2cc(NCc3ccc(C(=O)Nc4ccccc4N)cc3)n[nH]2)cn1.COc1ccc(-c2cc(NCc3ccc(C(=O)O)cc3)n[nH]2)cn1.Nc1ccccc1N.[K+].[OH-]. The molecule has 654 valence electrons. The molecule has 37 nitrogen and oxygen atoms in total. The number of rotatable bonds is 25. The Morgan fingerprint density at radius 3 is 0.961 bits per heavy atom. The Bertz CT molecular complexity index is 5910. The van der Waals surface area contributed by atoms with Gasteiger partial charge in [-0.05, 0) is 120 Å². The Labute approximate surface area is 777 Å². The zero-order chi connectivity index (χ0) is 90.1. The van der Waals surface area contributed by atoms with E-state index in [9.17, 15) is 28.8 Å². The van der Waals surface area contributed by atoms with Crippen LogP contribution in [0.3, 0.4) is 0 Å². The fraction of sp³-hybridized carbons (Fsp3) is 0.122. The Balaban J connectivity index is 0.000000212. The van der Waals surface area contributed by atoms with Crippen LogP contribution in [-0.2, 0) is 33.8 Å². The van der Waals surface area contributed by atoms with Gasteiger partial charge in [-0.25, -0.2) is 44.1 Å². The molecule has 38 heteroatoms. The van der Waals surface area contributed by atoms with Gasteiger partial charge >= 0.3 is 75.3 Å². The standard InChI is InChI=1S/C23H22N6O2.C18H18N4O3.C17H16N4O3.C9H10N4O.C9H8O3.C8H9NO3.C6H8N2.K.H2O/c1-31-22-11-10-17(14-26-22)20-12-21(29-28-20)25-13-15-6-8-16(9-7-15)23(30)27-19-5-3-2-4-18(19)24;1-24-17-8-7-14(11-20-17)15-9-16(22-21-15)19-10-12-3-5-13(6-4-12)18(23)25-2;1-24-16-7-6-13(10-19-16)14-8-15(21-20-14)18-9-11-2-4-12(5-3-11)17(22)23;1-14-9-3-2-6(5-11-9)7-4-8(10)13-12-7;1-12-9(11)8-4-2-7(6-10)3-5-8;1-11-7-4-3-6(5-9-7)8(10)12-2;7-5-3-1-2-4-6(5)8;;/h2-12,14H,13,24H2,1H3,(H,27,30)(H2,25,28,29);3-9,11H,10H2,1-2H3,(H2,19,21,22);2-8,10H,9H2,1H3,(H,22,23)(H2,18,20,21);2-5H,1H3,(H3,10,12,13);2-6H,1H3;3-5H,1-2H3;1-4H,7-8H2;;1H2/q;;;;;;;+1;/p-1. The molecule has 15 rings (SSSR count). The number of aromatic nitrogens is 13. The third-order valence-electron chi connectivity index (χ3n) is 17.6. The second kappa shape index (κ2) is 51.9. The number of carbonyl (C=O) groups excluding carboxylic acids is 5. The number of nitrogens with two attached hydrogens (primary N) is 4. The third kappa shape index (κ3) is 31.2. The Kier molecular flexibility index (Phi) is 40.2. The molecule has 0 aliphatic rings. The molecule has 0 spiro atoms. The molecule has 18 N–H and O–H groups in total. The number of para-hydroxylation sites is 4. The van der Waals surface area contributed by atoms with Crippen LogP contribution in [0.4, 0.5) is 46.0 Å². The first-order valence-corrected chi connectivity index (χ1v) is 37.9. The molecule has 0 atom stereocenters. The summed E-state index contributed by atoms with van der Waals surface area (Å²) in [5.41, 5.74) is 37.4. The van der Waals surface area contributed by atoms with Gasteiger partial charge < -0.3 is 92.7 Å². The van der Waals surface area contributed by atoms with Gasteiger partial charge in [0.25, 0.3) is 5.91 Å². The number of methoxy groups -OCH3 is 8. The summed E-state index contributed by atoms with van der Waals surface area (Å²) in [6.45, 7) is 1.70. The number of esters is 3. The minimum atomic E-state index is -0.931. The van der Waals surface area contributed by atoms with E-state index in [2.05, 4.69) is 101 Å². The summed E-state index contributed by atoms with van der Waals surface area (Å²) in [7, 11) is 11.8. The van der Waals surface area contributed by atoms with Gasteiger partial charge in [0, 0.05) is 139 Å². The topological polar surface area (TPSA) is 558 Å². The first-order valence-electron chi connectivity index (χ1n) is 37.9. The number of amides is 1. The van der Waals surface area contributed by atoms with Crippen molar-refractivity contribution in [3.8, 4) is 74.4 Å². The number of aromatic amines is 4. The predicted octanol–water partition coefficient (Wildman–Crippen LogP) is 10.5. The molecule has 0 saturated carbocycles. The van der Waals surface area contributed by atoms with Crippen LogP contribution in [0, 0.1) is 0 Å². The van der Waals surface area contributed by atoms with Crippen molar-refractivity contribution in [2.45, 2.75) is 19.6 Å². The predicted molar refractivity (Wildman–Crippen MR) is 479 cm³/mol. The van der Waals surface area contributed by atoms with E-state index in [4.69, 9.17) is 51.7 Å². The molecule has 15 aromatic rings. The van der Waals surface area contributed by atoms with E-state index in [1.165, 1.54) is 34.6 Å². The molecule has 9 heterocycles. The molecule has 0 unspecified atom stereocenters. The number of ether oxygens (including phenoxy) is 8. The Morgan fingerprint density at radius 2 is 0.664 bits per heavy atom. The molecule has 0 aliphatic heterocycles. The minimum Gasteiger partial charge on any atom is -0.870 e. The number of carboxylic acids is 1. The number of nitrogen functional groups attached to an aromatic ring is 4. The van der Waals surface area contributed by atoms with Crippen molar-refractivity contribution in [1.29, 1.82) is 0 Å². The summed E-state index contributed by atoms with van der Waals surface area (Å²) in [5, 5.41) is 49.7. The number of H-pyrrole nitrogens is 4. The number of aldehydes is 1. The van der Waals surface area contributed by atoms with Crippen molar-refractivity contribution >= 4 is 82.1 Å². The van der Waals surface area contributed by atoms with Crippen molar-refractivity contribution in [2.75, 3.05) is 101 Å². The van der Waals surface area contributed by atoms with Gasteiger partial charge in [0.1, 0.15) is 29.6 Å². The maximum absolute atomic E-state index is 12.4. The first kappa shape index (κ1) is 99.2. The van der Waals surface area contributed by atoms with Crippen molar-refractivity contribution in [1.82, 2.24) is 65.7 Å². The number of nitrogens with one attached hydrogen (secondary N) is 8. The summed E-state index contributed by atoms with van der Waals surface area (Å²) in [4.78, 5) is 87.2. The first-order chi connectivity index (χ1) is 61.1. The van der Waals surface area contributed by atoms with Gasteiger partial charge in [-0.15, -0.1) is 0 Å². The number of anilines is 8. The van der Waals surface area contributed by atoms with Crippen molar-refractivity contribution in [3.63, 3.8) is 0 Å². The molecule has 0 bridgehead atoms. The van der Waals surface area contributed by atoms with Crippen LogP contribution in [0.15, 0.2) is 262 Å². The Hall–Kier alpha value is -15.9. The zero-order valence-electron chi connectivity index (χ0n) is 71.0. The van der Waals surface area contributed by atoms with Gasteiger partial charge in [0.15, 0.2) is 0 Å².